The summed E-state index contributed by atoms with van der Waals surface area (Å²) >= 11 is 6.38. The second kappa shape index (κ2) is 5.08. The lowest BCUT2D eigenvalue weighted by molar-refractivity contribution is 0.823. The molecular formula is C19H13ClN4. The van der Waals surface area contributed by atoms with Crippen molar-refractivity contribution < 1.29 is 0 Å². The molecule has 116 valence electrons. The number of halogens is 1. The van der Waals surface area contributed by atoms with Crippen molar-refractivity contribution in [2.45, 2.75) is 6.54 Å². The fourth-order valence-corrected chi connectivity index (χ4v) is 3.57. The maximum absolute atomic E-state index is 6.38. The lowest BCUT2D eigenvalue weighted by atomic mass is 10.1. The van der Waals surface area contributed by atoms with E-state index in [0.717, 1.165) is 27.4 Å². The number of nitrogens with zero attached hydrogens (tertiary/aromatic N) is 4. The van der Waals surface area contributed by atoms with E-state index in [1.165, 1.54) is 10.8 Å². The average molecular weight is 333 g/mol. The molecule has 0 amide bonds. The van der Waals surface area contributed by atoms with E-state index in [9.17, 15) is 0 Å². The highest BCUT2D eigenvalue weighted by atomic mass is 35.5. The quantitative estimate of drug-likeness (QED) is 0.476. The summed E-state index contributed by atoms with van der Waals surface area (Å²) in [7, 11) is 0. The van der Waals surface area contributed by atoms with Crippen LogP contribution in [0.3, 0.4) is 0 Å². The highest BCUT2D eigenvalue weighted by Crippen LogP contribution is 2.29. The van der Waals surface area contributed by atoms with E-state index < -0.39 is 0 Å². The van der Waals surface area contributed by atoms with Crippen LogP contribution >= 0.6 is 11.6 Å². The van der Waals surface area contributed by atoms with Crippen molar-refractivity contribution in [1.82, 2.24) is 19.2 Å². The average Bonchev–Trinajstić information content (AvgIpc) is 3.10. The van der Waals surface area contributed by atoms with Gasteiger partial charge in [0.15, 0.2) is 0 Å². The molecule has 0 fully saturated rings. The number of rotatable bonds is 2. The largest absolute Gasteiger partial charge is 0.305 e. The first kappa shape index (κ1) is 13.6. The number of hydrogen-bond acceptors (Lipinski definition) is 2. The highest BCUT2D eigenvalue weighted by Gasteiger charge is 2.14. The minimum absolute atomic E-state index is 0.645. The Hall–Kier alpha value is -2.85. The maximum atomic E-state index is 6.38. The maximum Gasteiger partial charge on any atom is 0.236 e. The second-order valence-electron chi connectivity index (χ2n) is 5.83. The van der Waals surface area contributed by atoms with Crippen LogP contribution in [0.1, 0.15) is 5.56 Å². The molecule has 5 rings (SSSR count). The molecule has 2 heterocycles. The molecule has 5 heteroatoms. The summed E-state index contributed by atoms with van der Waals surface area (Å²) in [6.45, 7) is 0.645. The third-order valence-electron chi connectivity index (χ3n) is 4.47. The van der Waals surface area contributed by atoms with Crippen molar-refractivity contribution in [2.24, 2.45) is 0 Å². The van der Waals surface area contributed by atoms with Crippen LogP contribution in [0.5, 0.6) is 0 Å². The zero-order valence-electron chi connectivity index (χ0n) is 12.7. The minimum Gasteiger partial charge on any atom is -0.305 e. The van der Waals surface area contributed by atoms with Crippen molar-refractivity contribution >= 4 is 39.2 Å². The summed E-state index contributed by atoms with van der Waals surface area (Å²) in [5.41, 5.74) is 3.30. The molecule has 0 saturated carbocycles. The van der Waals surface area contributed by atoms with Gasteiger partial charge in [-0.3, -0.25) is 4.40 Å². The van der Waals surface area contributed by atoms with Gasteiger partial charge in [0, 0.05) is 10.4 Å². The zero-order chi connectivity index (χ0) is 16.1. The summed E-state index contributed by atoms with van der Waals surface area (Å²) < 4.78 is 4.20. The van der Waals surface area contributed by atoms with E-state index in [2.05, 4.69) is 51.2 Å². The van der Waals surface area contributed by atoms with Gasteiger partial charge in [-0.1, -0.05) is 54.1 Å². The number of aromatic nitrogens is 4. The molecule has 3 aromatic carbocycles. The van der Waals surface area contributed by atoms with Gasteiger partial charge in [-0.25, -0.2) is 0 Å². The van der Waals surface area contributed by atoms with Crippen LogP contribution < -0.4 is 0 Å². The Morgan fingerprint density at radius 3 is 2.50 bits per heavy atom. The molecule has 0 bridgehead atoms. The van der Waals surface area contributed by atoms with Gasteiger partial charge >= 0.3 is 0 Å². The number of hydrogen-bond donors (Lipinski definition) is 0. The van der Waals surface area contributed by atoms with Crippen molar-refractivity contribution in [3.8, 4) is 0 Å². The molecule has 0 radical (unpaired) electrons. The minimum atomic E-state index is 0.645. The smallest absolute Gasteiger partial charge is 0.236 e. The van der Waals surface area contributed by atoms with Crippen molar-refractivity contribution in [2.75, 3.05) is 0 Å². The third-order valence-corrected chi connectivity index (χ3v) is 4.84. The molecule has 24 heavy (non-hydrogen) atoms. The topological polar surface area (TPSA) is 35.1 Å². The highest BCUT2D eigenvalue weighted by molar-refractivity contribution is 6.31. The standard InChI is InChI=1S/C19H13ClN4/c20-15-8-2-1-5-14(15)11-23-16-9-3-6-13-7-4-10-17(18(13)16)24-12-21-22-19(23)24/h1-10,12H,11H2. The van der Waals surface area contributed by atoms with E-state index >= 15 is 0 Å². The first-order valence-corrected chi connectivity index (χ1v) is 8.14. The Bertz CT molecular complexity index is 1200. The van der Waals surface area contributed by atoms with Gasteiger partial charge in [0.1, 0.15) is 6.33 Å². The molecule has 2 aromatic heterocycles. The summed E-state index contributed by atoms with van der Waals surface area (Å²) in [6, 6.07) is 20.5. The van der Waals surface area contributed by atoms with Crippen LogP contribution in [0.25, 0.3) is 27.6 Å². The summed E-state index contributed by atoms with van der Waals surface area (Å²) in [5, 5.41) is 11.6. The monoisotopic (exact) mass is 332 g/mol. The van der Waals surface area contributed by atoms with E-state index in [1.54, 1.807) is 6.33 Å². The molecule has 0 aliphatic heterocycles. The molecule has 0 unspecified atom stereocenters. The molecule has 5 aromatic rings. The number of benzene rings is 3. The van der Waals surface area contributed by atoms with Crippen LogP contribution in [0, 0.1) is 0 Å². The molecule has 0 saturated heterocycles. The van der Waals surface area contributed by atoms with Gasteiger partial charge < -0.3 is 4.57 Å². The lowest BCUT2D eigenvalue weighted by Crippen LogP contribution is -2.08. The van der Waals surface area contributed by atoms with Gasteiger partial charge in [0.2, 0.25) is 5.78 Å². The molecular weight excluding hydrogens is 320 g/mol. The molecule has 0 aliphatic rings. The zero-order valence-corrected chi connectivity index (χ0v) is 13.5. The molecule has 0 spiro atoms. The number of fused-ring (bicyclic) bond motifs is 2. The van der Waals surface area contributed by atoms with Gasteiger partial charge in [-0.15, -0.1) is 10.2 Å². The summed E-state index contributed by atoms with van der Waals surface area (Å²) in [4.78, 5) is 0. The molecule has 0 aliphatic carbocycles. The molecule has 4 nitrogen and oxygen atoms in total. The van der Waals surface area contributed by atoms with Gasteiger partial charge in [0.25, 0.3) is 0 Å². The van der Waals surface area contributed by atoms with Crippen LogP contribution in [0.4, 0.5) is 0 Å². The Morgan fingerprint density at radius 1 is 0.875 bits per heavy atom. The Labute approximate surface area is 142 Å². The van der Waals surface area contributed by atoms with Crippen LogP contribution in [-0.2, 0) is 6.54 Å². The summed E-state index contributed by atoms with van der Waals surface area (Å²) in [5.74, 6) is 0.807. The Balaban J connectivity index is 1.91. The predicted molar refractivity (Wildman–Crippen MR) is 96.5 cm³/mol. The van der Waals surface area contributed by atoms with Crippen LogP contribution in [0.15, 0.2) is 67.0 Å². The van der Waals surface area contributed by atoms with Gasteiger partial charge in [-0.05, 0) is 29.1 Å². The van der Waals surface area contributed by atoms with Crippen LogP contribution in [-0.4, -0.2) is 19.2 Å². The van der Waals surface area contributed by atoms with E-state index in [0.29, 0.717) is 6.54 Å². The summed E-state index contributed by atoms with van der Waals surface area (Å²) in [6.07, 6.45) is 1.76. The Morgan fingerprint density at radius 2 is 1.67 bits per heavy atom. The van der Waals surface area contributed by atoms with Crippen LogP contribution in [0.2, 0.25) is 5.02 Å². The first-order valence-electron chi connectivity index (χ1n) is 7.76. The van der Waals surface area contributed by atoms with E-state index in [4.69, 9.17) is 11.6 Å². The normalized spacial score (nSPS) is 11.7. The SMILES string of the molecule is Clc1ccccc1Cn1c2cccc3cccc(c32)n2cnnc12. The lowest BCUT2D eigenvalue weighted by Gasteiger charge is -2.16. The fourth-order valence-electron chi connectivity index (χ4n) is 3.37. The van der Waals surface area contributed by atoms with Crippen molar-refractivity contribution in [3.63, 3.8) is 0 Å². The molecule has 0 atom stereocenters. The van der Waals surface area contributed by atoms with E-state index in [-0.39, 0.29) is 0 Å². The third kappa shape index (κ3) is 1.87. The van der Waals surface area contributed by atoms with Gasteiger partial charge in [-0.2, -0.15) is 0 Å². The van der Waals surface area contributed by atoms with Crippen molar-refractivity contribution in [3.05, 3.63) is 77.6 Å². The van der Waals surface area contributed by atoms with Crippen molar-refractivity contribution in [1.29, 1.82) is 0 Å². The van der Waals surface area contributed by atoms with E-state index in [1.807, 2.05) is 28.7 Å². The first-order chi connectivity index (χ1) is 11.8. The Kier molecular flexibility index (Phi) is 2.87. The fraction of sp³-hybridized carbons (Fsp3) is 0.0526. The van der Waals surface area contributed by atoms with Gasteiger partial charge in [0.05, 0.1) is 17.6 Å². The predicted octanol–water partition coefficient (Wildman–Crippen LogP) is 4.54. The second-order valence-corrected chi connectivity index (χ2v) is 6.24. The molecule has 0 N–H and O–H groups in total.